The van der Waals surface area contributed by atoms with Crippen LogP contribution in [0.1, 0.15) is 43.0 Å². The summed E-state index contributed by atoms with van der Waals surface area (Å²) < 4.78 is 5.39. The number of anilines is 2. The molecule has 0 spiro atoms. The summed E-state index contributed by atoms with van der Waals surface area (Å²) in [6, 6.07) is 14.2. The standard InChI is InChI=1S/C22H27N3O3/c1-2-28-20-12-10-19(11-13-20)24-21(26)15-6-8-18(9-7-15)25-22(27)16-4-3-5-17(23)14-16/h6-13,16-17H,2-5,14,23H2,1H3,(H,24,26)(H,25,27). The Labute approximate surface area is 165 Å². The molecule has 0 heterocycles. The molecule has 2 atom stereocenters. The van der Waals surface area contributed by atoms with Crippen LogP contribution in [0.2, 0.25) is 0 Å². The highest BCUT2D eigenvalue weighted by molar-refractivity contribution is 6.04. The van der Waals surface area contributed by atoms with E-state index in [9.17, 15) is 9.59 Å². The Kier molecular flexibility index (Phi) is 6.66. The van der Waals surface area contributed by atoms with Crippen LogP contribution in [-0.4, -0.2) is 24.5 Å². The highest BCUT2D eigenvalue weighted by Crippen LogP contribution is 2.24. The molecule has 0 aromatic heterocycles. The van der Waals surface area contributed by atoms with Crippen molar-refractivity contribution in [1.82, 2.24) is 0 Å². The van der Waals surface area contributed by atoms with Gasteiger partial charge in [0.2, 0.25) is 5.91 Å². The second-order valence-corrected chi connectivity index (χ2v) is 7.10. The van der Waals surface area contributed by atoms with Crippen LogP contribution in [0, 0.1) is 5.92 Å². The molecule has 2 aromatic rings. The van der Waals surface area contributed by atoms with Gasteiger partial charge < -0.3 is 21.1 Å². The van der Waals surface area contributed by atoms with Gasteiger partial charge in [0.1, 0.15) is 5.75 Å². The molecule has 2 unspecified atom stereocenters. The average Bonchev–Trinajstić information content (AvgIpc) is 2.70. The molecule has 0 bridgehead atoms. The molecule has 0 radical (unpaired) electrons. The molecular weight excluding hydrogens is 354 g/mol. The fourth-order valence-electron chi connectivity index (χ4n) is 3.42. The lowest BCUT2D eigenvalue weighted by atomic mass is 9.85. The van der Waals surface area contributed by atoms with Gasteiger partial charge in [-0.25, -0.2) is 0 Å². The number of nitrogens with one attached hydrogen (secondary N) is 2. The van der Waals surface area contributed by atoms with Crippen LogP contribution in [0.5, 0.6) is 5.75 Å². The number of benzene rings is 2. The van der Waals surface area contributed by atoms with E-state index in [4.69, 9.17) is 10.5 Å². The molecule has 0 saturated heterocycles. The first-order valence-electron chi connectivity index (χ1n) is 9.76. The van der Waals surface area contributed by atoms with Gasteiger partial charge in [-0.3, -0.25) is 9.59 Å². The molecule has 1 fully saturated rings. The monoisotopic (exact) mass is 381 g/mol. The number of ether oxygens (including phenoxy) is 1. The van der Waals surface area contributed by atoms with E-state index in [0.717, 1.165) is 31.4 Å². The van der Waals surface area contributed by atoms with Gasteiger partial charge in [-0.2, -0.15) is 0 Å². The number of nitrogens with two attached hydrogens (primary N) is 1. The van der Waals surface area contributed by atoms with Crippen molar-refractivity contribution < 1.29 is 14.3 Å². The first-order valence-corrected chi connectivity index (χ1v) is 9.76. The van der Waals surface area contributed by atoms with Crippen molar-refractivity contribution in [2.45, 2.75) is 38.6 Å². The van der Waals surface area contributed by atoms with E-state index in [1.54, 1.807) is 36.4 Å². The third kappa shape index (κ3) is 5.33. The minimum Gasteiger partial charge on any atom is -0.494 e. The maximum atomic E-state index is 12.4. The highest BCUT2D eigenvalue weighted by atomic mass is 16.5. The Bertz CT molecular complexity index is 803. The van der Waals surface area contributed by atoms with Gasteiger partial charge in [0.05, 0.1) is 6.61 Å². The van der Waals surface area contributed by atoms with Crippen molar-refractivity contribution in [1.29, 1.82) is 0 Å². The van der Waals surface area contributed by atoms with Gasteiger partial charge in [0.15, 0.2) is 0 Å². The van der Waals surface area contributed by atoms with Crippen LogP contribution in [0.25, 0.3) is 0 Å². The number of hydrogen-bond donors (Lipinski definition) is 3. The number of carbonyl (C=O) groups is 2. The summed E-state index contributed by atoms with van der Waals surface area (Å²) in [5, 5.41) is 5.77. The Morgan fingerprint density at radius 3 is 2.29 bits per heavy atom. The number of amides is 2. The van der Waals surface area contributed by atoms with E-state index in [2.05, 4.69) is 10.6 Å². The third-order valence-corrected chi connectivity index (χ3v) is 4.92. The summed E-state index contributed by atoms with van der Waals surface area (Å²) in [6.07, 6.45) is 3.59. The topological polar surface area (TPSA) is 93.5 Å². The van der Waals surface area contributed by atoms with E-state index < -0.39 is 0 Å². The van der Waals surface area contributed by atoms with Gasteiger partial charge >= 0.3 is 0 Å². The summed E-state index contributed by atoms with van der Waals surface area (Å²) in [5.41, 5.74) is 7.86. The molecule has 3 rings (SSSR count). The maximum absolute atomic E-state index is 12.4. The second kappa shape index (κ2) is 9.37. The molecular formula is C22H27N3O3. The van der Waals surface area contributed by atoms with E-state index >= 15 is 0 Å². The summed E-state index contributed by atoms with van der Waals surface area (Å²) in [7, 11) is 0. The van der Waals surface area contributed by atoms with Crippen LogP contribution < -0.4 is 21.1 Å². The Hall–Kier alpha value is -2.86. The molecule has 1 aliphatic carbocycles. The molecule has 6 nitrogen and oxygen atoms in total. The van der Waals surface area contributed by atoms with Crippen LogP contribution >= 0.6 is 0 Å². The van der Waals surface area contributed by atoms with Gasteiger partial charge in [0, 0.05) is 28.9 Å². The molecule has 2 amide bonds. The molecule has 28 heavy (non-hydrogen) atoms. The van der Waals surface area contributed by atoms with Gasteiger partial charge in [-0.05, 0) is 74.7 Å². The number of hydrogen-bond acceptors (Lipinski definition) is 4. The highest BCUT2D eigenvalue weighted by Gasteiger charge is 2.25. The quantitative estimate of drug-likeness (QED) is 0.710. The van der Waals surface area contributed by atoms with Crippen LogP contribution in [-0.2, 0) is 4.79 Å². The first-order chi connectivity index (χ1) is 13.5. The average molecular weight is 381 g/mol. The molecule has 2 aromatic carbocycles. The predicted molar refractivity (Wildman–Crippen MR) is 111 cm³/mol. The smallest absolute Gasteiger partial charge is 0.255 e. The summed E-state index contributed by atoms with van der Waals surface area (Å²) in [5.74, 6) is 0.521. The summed E-state index contributed by atoms with van der Waals surface area (Å²) in [6.45, 7) is 2.52. The molecule has 6 heteroatoms. The molecule has 0 aliphatic heterocycles. The molecule has 4 N–H and O–H groups in total. The zero-order valence-electron chi connectivity index (χ0n) is 16.1. The minimum atomic E-state index is -0.208. The SMILES string of the molecule is CCOc1ccc(NC(=O)c2ccc(NC(=O)C3CCCC(N)C3)cc2)cc1. The summed E-state index contributed by atoms with van der Waals surface area (Å²) >= 11 is 0. The maximum Gasteiger partial charge on any atom is 0.255 e. The van der Waals surface area contributed by atoms with E-state index in [0.29, 0.717) is 23.5 Å². The normalized spacial score (nSPS) is 18.9. The van der Waals surface area contributed by atoms with Crippen molar-refractivity contribution in [2.75, 3.05) is 17.2 Å². The number of carbonyl (C=O) groups excluding carboxylic acids is 2. The molecule has 1 saturated carbocycles. The van der Waals surface area contributed by atoms with Crippen molar-refractivity contribution in [3.8, 4) is 5.75 Å². The zero-order valence-corrected chi connectivity index (χ0v) is 16.1. The number of rotatable bonds is 6. The minimum absolute atomic E-state index is 0.00161. The molecule has 148 valence electrons. The van der Waals surface area contributed by atoms with Crippen molar-refractivity contribution >= 4 is 23.2 Å². The van der Waals surface area contributed by atoms with Crippen molar-refractivity contribution in [3.05, 3.63) is 54.1 Å². The van der Waals surface area contributed by atoms with Gasteiger partial charge in [0.25, 0.3) is 5.91 Å². The zero-order chi connectivity index (χ0) is 19.9. The predicted octanol–water partition coefficient (Wildman–Crippen LogP) is 3.79. The second-order valence-electron chi connectivity index (χ2n) is 7.10. The van der Waals surface area contributed by atoms with Crippen LogP contribution in [0.4, 0.5) is 11.4 Å². The lowest BCUT2D eigenvalue weighted by molar-refractivity contribution is -0.120. The van der Waals surface area contributed by atoms with Gasteiger partial charge in [-0.15, -0.1) is 0 Å². The van der Waals surface area contributed by atoms with E-state index in [1.165, 1.54) is 0 Å². The Balaban J connectivity index is 1.55. The van der Waals surface area contributed by atoms with Crippen molar-refractivity contribution in [2.24, 2.45) is 11.7 Å². The van der Waals surface area contributed by atoms with Crippen LogP contribution in [0.3, 0.4) is 0 Å². The Morgan fingerprint density at radius 2 is 1.64 bits per heavy atom. The fourth-order valence-corrected chi connectivity index (χ4v) is 3.42. The largest absolute Gasteiger partial charge is 0.494 e. The fraction of sp³-hybridized carbons (Fsp3) is 0.364. The summed E-state index contributed by atoms with van der Waals surface area (Å²) in [4.78, 5) is 24.8. The van der Waals surface area contributed by atoms with Crippen molar-refractivity contribution in [3.63, 3.8) is 0 Å². The molecule has 1 aliphatic rings. The van der Waals surface area contributed by atoms with Gasteiger partial charge in [-0.1, -0.05) is 6.42 Å². The van der Waals surface area contributed by atoms with E-state index in [1.807, 2.05) is 19.1 Å². The third-order valence-electron chi connectivity index (χ3n) is 4.92. The first kappa shape index (κ1) is 19.9. The van der Waals surface area contributed by atoms with Crippen LogP contribution in [0.15, 0.2) is 48.5 Å². The lowest BCUT2D eigenvalue weighted by Gasteiger charge is -2.25. The van der Waals surface area contributed by atoms with E-state index in [-0.39, 0.29) is 23.8 Å². The Morgan fingerprint density at radius 1 is 1.00 bits per heavy atom. The lowest BCUT2D eigenvalue weighted by Crippen LogP contribution is -2.34.